The van der Waals surface area contributed by atoms with Crippen LogP contribution in [-0.2, 0) is 13.6 Å². The van der Waals surface area contributed by atoms with E-state index in [9.17, 15) is 4.79 Å². The molecule has 0 aromatic carbocycles. The van der Waals surface area contributed by atoms with Gasteiger partial charge < -0.3 is 4.57 Å². The molecule has 0 bridgehead atoms. The Bertz CT molecular complexity index is 907. The standard InChI is InChI=1S/C17H20N4OS/c1-12-11-23-17-18-13(9-16(22)21(12)17)10-20-8-4-6-15(20)14-5-3-7-19(14)2/h3,5,7,9,11,15H,4,6,8,10H2,1-2H3. The zero-order valence-electron chi connectivity index (χ0n) is 13.4. The van der Waals surface area contributed by atoms with Crippen LogP contribution in [-0.4, -0.2) is 25.4 Å². The monoisotopic (exact) mass is 328 g/mol. The lowest BCUT2D eigenvalue weighted by atomic mass is 10.1. The highest BCUT2D eigenvalue weighted by molar-refractivity contribution is 7.15. The van der Waals surface area contributed by atoms with Crippen LogP contribution in [0.4, 0.5) is 0 Å². The van der Waals surface area contributed by atoms with E-state index in [-0.39, 0.29) is 5.56 Å². The van der Waals surface area contributed by atoms with E-state index < -0.39 is 0 Å². The van der Waals surface area contributed by atoms with Gasteiger partial charge in [-0.05, 0) is 38.4 Å². The highest BCUT2D eigenvalue weighted by atomic mass is 32.1. The second-order valence-corrected chi connectivity index (χ2v) is 7.09. The number of hydrogen-bond donors (Lipinski definition) is 0. The van der Waals surface area contributed by atoms with Crippen LogP contribution in [0.1, 0.15) is 36.0 Å². The van der Waals surface area contributed by atoms with Gasteiger partial charge in [-0.3, -0.25) is 14.1 Å². The van der Waals surface area contributed by atoms with Gasteiger partial charge in [0.25, 0.3) is 5.56 Å². The van der Waals surface area contributed by atoms with Crippen molar-refractivity contribution in [2.75, 3.05) is 6.54 Å². The first kappa shape index (κ1) is 14.7. The molecular formula is C17H20N4OS. The molecule has 1 unspecified atom stereocenters. The average Bonchev–Trinajstić information content (AvgIpc) is 3.20. The lowest BCUT2D eigenvalue weighted by molar-refractivity contribution is 0.238. The van der Waals surface area contributed by atoms with Gasteiger partial charge in [0.15, 0.2) is 4.96 Å². The Kier molecular flexibility index (Phi) is 3.58. The summed E-state index contributed by atoms with van der Waals surface area (Å²) in [6.45, 7) is 3.73. The topological polar surface area (TPSA) is 42.5 Å². The molecule has 1 aliphatic heterocycles. The van der Waals surface area contributed by atoms with Crippen molar-refractivity contribution in [2.24, 2.45) is 7.05 Å². The maximum absolute atomic E-state index is 12.3. The Labute approximate surface area is 138 Å². The molecule has 4 heterocycles. The minimum atomic E-state index is 0.0263. The molecule has 3 aromatic rings. The highest BCUT2D eigenvalue weighted by Gasteiger charge is 2.28. The zero-order chi connectivity index (χ0) is 16.0. The molecule has 4 rings (SSSR count). The smallest absolute Gasteiger partial charge is 0.259 e. The molecule has 1 aliphatic rings. The van der Waals surface area contributed by atoms with Crippen LogP contribution < -0.4 is 5.56 Å². The predicted molar refractivity (Wildman–Crippen MR) is 91.9 cm³/mol. The molecule has 0 saturated carbocycles. The molecule has 3 aromatic heterocycles. The van der Waals surface area contributed by atoms with Gasteiger partial charge in [0.2, 0.25) is 0 Å². The van der Waals surface area contributed by atoms with Crippen molar-refractivity contribution in [1.29, 1.82) is 0 Å². The molecule has 1 fully saturated rings. The van der Waals surface area contributed by atoms with Crippen molar-refractivity contribution >= 4 is 16.3 Å². The molecule has 23 heavy (non-hydrogen) atoms. The summed E-state index contributed by atoms with van der Waals surface area (Å²) in [5, 5.41) is 1.98. The average molecular weight is 328 g/mol. The fourth-order valence-corrected chi connectivity index (χ4v) is 4.45. The van der Waals surface area contributed by atoms with Crippen molar-refractivity contribution in [2.45, 2.75) is 32.4 Å². The molecule has 6 heteroatoms. The van der Waals surface area contributed by atoms with Crippen molar-refractivity contribution in [3.05, 3.63) is 57.2 Å². The van der Waals surface area contributed by atoms with Gasteiger partial charge in [0.1, 0.15) is 0 Å². The summed E-state index contributed by atoms with van der Waals surface area (Å²) in [4.78, 5) is 20.2. The Morgan fingerprint density at radius 2 is 2.30 bits per heavy atom. The van der Waals surface area contributed by atoms with Gasteiger partial charge in [0, 0.05) is 42.6 Å². The fraction of sp³-hybridized carbons (Fsp3) is 0.412. The highest BCUT2D eigenvalue weighted by Crippen LogP contribution is 2.32. The van der Waals surface area contributed by atoms with Gasteiger partial charge in [-0.1, -0.05) is 0 Å². The fourth-order valence-electron chi connectivity index (χ4n) is 3.56. The molecule has 120 valence electrons. The van der Waals surface area contributed by atoms with E-state index in [0.717, 1.165) is 35.9 Å². The van der Waals surface area contributed by atoms with E-state index in [2.05, 4.69) is 34.8 Å². The van der Waals surface area contributed by atoms with Crippen LogP contribution in [0.3, 0.4) is 0 Å². The van der Waals surface area contributed by atoms with Gasteiger partial charge in [-0.15, -0.1) is 11.3 Å². The van der Waals surface area contributed by atoms with Crippen molar-refractivity contribution in [3.8, 4) is 0 Å². The second-order valence-electron chi connectivity index (χ2n) is 6.25. The van der Waals surface area contributed by atoms with Gasteiger partial charge >= 0.3 is 0 Å². The third-order valence-electron chi connectivity index (χ3n) is 4.68. The molecule has 0 radical (unpaired) electrons. The zero-order valence-corrected chi connectivity index (χ0v) is 14.2. The maximum atomic E-state index is 12.3. The van der Waals surface area contributed by atoms with E-state index in [1.165, 1.54) is 23.5 Å². The SMILES string of the molecule is Cc1csc2nc(CN3CCCC3c3cccn3C)cc(=O)n12. The van der Waals surface area contributed by atoms with Crippen LogP contribution in [0.25, 0.3) is 4.96 Å². The number of rotatable bonds is 3. The van der Waals surface area contributed by atoms with Gasteiger partial charge in [-0.2, -0.15) is 0 Å². The lowest BCUT2D eigenvalue weighted by Gasteiger charge is -2.24. The summed E-state index contributed by atoms with van der Waals surface area (Å²) >= 11 is 1.53. The molecule has 0 amide bonds. The van der Waals surface area contributed by atoms with Crippen LogP contribution in [0, 0.1) is 6.92 Å². The van der Waals surface area contributed by atoms with Gasteiger partial charge in [-0.25, -0.2) is 4.98 Å². The third-order valence-corrected chi connectivity index (χ3v) is 5.63. The number of aryl methyl sites for hydroxylation is 2. The predicted octanol–water partition coefficient (Wildman–Crippen LogP) is 2.74. The quantitative estimate of drug-likeness (QED) is 0.742. The van der Waals surface area contributed by atoms with E-state index in [1.54, 1.807) is 10.5 Å². The first-order chi connectivity index (χ1) is 11.1. The molecule has 0 N–H and O–H groups in total. The van der Waals surface area contributed by atoms with Crippen molar-refractivity contribution in [3.63, 3.8) is 0 Å². The summed E-state index contributed by atoms with van der Waals surface area (Å²) in [5.41, 5.74) is 3.19. The molecular weight excluding hydrogens is 308 g/mol. The maximum Gasteiger partial charge on any atom is 0.259 e. The van der Waals surface area contributed by atoms with Crippen LogP contribution in [0.5, 0.6) is 0 Å². The number of hydrogen-bond acceptors (Lipinski definition) is 4. The summed E-state index contributed by atoms with van der Waals surface area (Å²) < 4.78 is 3.88. The summed E-state index contributed by atoms with van der Waals surface area (Å²) in [7, 11) is 2.09. The lowest BCUT2D eigenvalue weighted by Crippen LogP contribution is -2.26. The van der Waals surface area contributed by atoms with Crippen LogP contribution in [0.15, 0.2) is 34.6 Å². The van der Waals surface area contributed by atoms with Crippen LogP contribution in [0.2, 0.25) is 0 Å². The van der Waals surface area contributed by atoms with E-state index in [1.807, 2.05) is 12.3 Å². The second kappa shape index (κ2) is 5.62. The molecule has 1 atom stereocenters. The van der Waals surface area contributed by atoms with Crippen molar-refractivity contribution in [1.82, 2.24) is 18.9 Å². The minimum absolute atomic E-state index is 0.0263. The first-order valence-corrected chi connectivity index (χ1v) is 8.83. The summed E-state index contributed by atoms with van der Waals surface area (Å²) in [5.74, 6) is 0. The Morgan fingerprint density at radius 3 is 3.09 bits per heavy atom. The Hall–Kier alpha value is -1.92. The number of thiazole rings is 1. The Morgan fingerprint density at radius 1 is 1.43 bits per heavy atom. The minimum Gasteiger partial charge on any atom is -0.353 e. The number of aromatic nitrogens is 3. The van der Waals surface area contributed by atoms with Crippen molar-refractivity contribution < 1.29 is 0 Å². The molecule has 1 saturated heterocycles. The summed E-state index contributed by atoms with van der Waals surface area (Å²) in [6, 6.07) is 6.39. The number of likely N-dealkylation sites (tertiary alicyclic amines) is 1. The molecule has 0 aliphatic carbocycles. The van der Waals surface area contributed by atoms with E-state index >= 15 is 0 Å². The normalized spacial score (nSPS) is 19.0. The largest absolute Gasteiger partial charge is 0.353 e. The Balaban J connectivity index is 1.65. The molecule has 5 nitrogen and oxygen atoms in total. The number of nitrogens with zero attached hydrogens (tertiary/aromatic N) is 4. The van der Waals surface area contributed by atoms with Gasteiger partial charge in [0.05, 0.1) is 11.7 Å². The van der Waals surface area contributed by atoms with E-state index in [0.29, 0.717) is 6.04 Å². The molecule has 0 spiro atoms. The van der Waals surface area contributed by atoms with Crippen LogP contribution >= 0.6 is 11.3 Å². The first-order valence-electron chi connectivity index (χ1n) is 7.95. The third kappa shape index (κ3) is 2.52. The van der Waals surface area contributed by atoms with E-state index in [4.69, 9.17) is 4.98 Å². The number of fused-ring (bicyclic) bond motifs is 1. The summed E-state index contributed by atoms with van der Waals surface area (Å²) in [6.07, 6.45) is 4.45.